The molecule has 4 saturated heterocycles. The van der Waals surface area contributed by atoms with Crippen LogP contribution in [0.2, 0.25) is 0 Å². The van der Waals surface area contributed by atoms with Crippen LogP contribution < -0.4 is 4.74 Å². The summed E-state index contributed by atoms with van der Waals surface area (Å²) >= 11 is 1.94. The lowest BCUT2D eigenvalue weighted by atomic mass is 9.90. The summed E-state index contributed by atoms with van der Waals surface area (Å²) in [6, 6.07) is 37.5. The Labute approximate surface area is 746 Å². The van der Waals surface area contributed by atoms with Gasteiger partial charge in [0.25, 0.3) is 0 Å². The average Bonchev–Trinajstić information content (AvgIpc) is 1.62. The molecule has 4 aliphatic rings. The molecule has 4 aromatic carbocycles. The number of nitrogens with zero attached hydrogens (tertiary/aromatic N) is 17. The number of aliphatic hydroxyl groups excluding tert-OH is 1. The zero-order chi connectivity index (χ0) is 90.2. The number of piperidine rings is 3. The van der Waals surface area contributed by atoms with Crippen molar-refractivity contribution >= 4 is 108 Å². The van der Waals surface area contributed by atoms with E-state index in [-0.39, 0.29) is 47.9 Å². The van der Waals surface area contributed by atoms with Gasteiger partial charge in [-0.2, -0.15) is 11.8 Å². The van der Waals surface area contributed by atoms with Crippen molar-refractivity contribution in [3.8, 4) is 40.3 Å². The lowest BCUT2D eigenvalue weighted by Gasteiger charge is -2.42. The van der Waals surface area contributed by atoms with E-state index in [0.29, 0.717) is 126 Å². The van der Waals surface area contributed by atoms with E-state index in [2.05, 4.69) is 106 Å². The summed E-state index contributed by atoms with van der Waals surface area (Å²) in [6.45, 7) is 53.6. The third-order valence-corrected chi connectivity index (χ3v) is 24.7. The summed E-state index contributed by atoms with van der Waals surface area (Å²) in [5.74, 6) is 8.92. The smallest absolute Gasteiger partial charge is 0.410 e. The van der Waals surface area contributed by atoms with Crippen molar-refractivity contribution in [2.24, 2.45) is 0 Å². The first kappa shape index (κ1) is 91.7. The number of thioether (sulfide) groups is 1. The third-order valence-electron chi connectivity index (χ3n) is 23.8. The molecule has 652 valence electrons. The molecule has 0 radical (unpaired) electrons. The minimum absolute atomic E-state index is 0.00553. The van der Waals surface area contributed by atoms with Crippen molar-refractivity contribution in [1.82, 2.24) is 62.7 Å². The molecule has 0 bridgehead atoms. The van der Waals surface area contributed by atoms with Crippen LogP contribution in [0.25, 0.3) is 86.3 Å². The van der Waals surface area contributed by atoms with Crippen molar-refractivity contribution in [3.63, 3.8) is 0 Å². The van der Waals surface area contributed by atoms with Gasteiger partial charge in [0.1, 0.15) is 12.4 Å². The number of aliphatic hydroxyl groups is 1. The molecule has 0 saturated carbocycles. The number of carbonyl (C=O) groups excluding carboxylic acids is 5. The summed E-state index contributed by atoms with van der Waals surface area (Å²) < 4.78 is 24.1. The molecule has 127 heavy (non-hydrogen) atoms. The second-order valence-electron chi connectivity index (χ2n) is 33.3. The summed E-state index contributed by atoms with van der Waals surface area (Å²) in [5.41, 5.74) is 20.9. The number of fused-ring (bicyclic) bond motifs is 4. The van der Waals surface area contributed by atoms with E-state index in [1.807, 2.05) is 160 Å². The van der Waals surface area contributed by atoms with Gasteiger partial charge in [-0.25, -0.2) is 29.2 Å². The maximum absolute atomic E-state index is 13.5. The number of benzene rings is 4. The number of aromatic nitrogens is 8. The van der Waals surface area contributed by atoms with Gasteiger partial charge in [0.05, 0.1) is 138 Å². The fourth-order valence-electron chi connectivity index (χ4n) is 17.1. The fourth-order valence-corrected chi connectivity index (χ4v) is 18.1. The number of likely N-dealkylation sites (tertiary alicyclic amines) is 3. The normalized spacial score (nSPS) is 14.9. The summed E-state index contributed by atoms with van der Waals surface area (Å²) in [5, 5.41) is 9.77. The Morgan fingerprint density at radius 1 is 0.480 bits per heavy atom. The molecule has 0 unspecified atom stereocenters. The van der Waals surface area contributed by atoms with Gasteiger partial charge in [-0.1, -0.05) is 73.2 Å². The molecular weight excluding hydrogens is 1620 g/mol. The molecule has 8 aromatic heterocycles. The Morgan fingerprint density at radius 2 is 0.858 bits per heavy atom. The van der Waals surface area contributed by atoms with Crippen molar-refractivity contribution in [3.05, 3.63) is 254 Å². The predicted octanol–water partition coefficient (Wildman–Crippen LogP) is 18.2. The number of amides is 1. The Balaban J connectivity index is 0.000000145. The maximum atomic E-state index is 13.5. The van der Waals surface area contributed by atoms with Crippen LogP contribution in [0.4, 0.5) is 27.5 Å². The van der Waals surface area contributed by atoms with Gasteiger partial charge in [-0.3, -0.25) is 53.7 Å². The summed E-state index contributed by atoms with van der Waals surface area (Å²) in [7, 11) is 4.84. The summed E-state index contributed by atoms with van der Waals surface area (Å²) in [6.07, 6.45) is 14.5. The Morgan fingerprint density at radius 3 is 1.27 bits per heavy atom. The molecule has 0 spiro atoms. The van der Waals surface area contributed by atoms with Crippen LogP contribution in [0.1, 0.15) is 146 Å². The van der Waals surface area contributed by atoms with Crippen LogP contribution >= 0.6 is 11.8 Å². The molecule has 16 rings (SSSR count). The Kier molecular flexibility index (Phi) is 30.2. The minimum Gasteiger partial charge on any atom is -0.489 e. The quantitative estimate of drug-likeness (QED) is 0.0304. The second-order valence-corrected chi connectivity index (χ2v) is 34.5. The standard InChI is InChI=1S/C28H29N5O3.C25H28N4O4.C25H28N4O.C22H22N4OS/c1-20-26(25(34)19-32-14-6-5-7-15-32)27-24(33(20)23-12-10-22(29-2)11-13-23)17-21(18-30-27)9-8-16-36-28(35)31(3)4;1-17-24(23(31)16-28-10-8-20(30)9-11-28)25-22(14-21(15-27-25)33-13-12-32-3)29(17)19-6-4-18(26-2)5-7-19;1-17-14-21-24(27-15-17)23(22(30)16-28-13-7-6-12-25(28,3)4)18(2)29(21)20-10-8-19(26-5)9-11-20;1-15-12-19-22(24-13-15)21(20(27)14-25-8-10-28-11-9-25)16(2)26(19)18-6-4-17(23-3)5-7-18/h10-13,17-18H,5-7,14-16,19H2,1,3-4H3;4-7,14-15,20,30H,8-13,16H2,1,3H3;8-11,14-15H,6-7,12-13,16H2,1-4H3;4-7,12-13H,8-11,14H2,1-2H3. The van der Waals surface area contributed by atoms with Crippen LogP contribution in [0, 0.1) is 79.7 Å². The SMILES string of the molecule is [C-]#[N+]c1ccc(-n2c(C)c(C(=O)CN3CCC(O)CC3)c3ncc(OCCOC)cc32)cc1.[C-]#[N+]c1ccc(-n2c(C)c(C(=O)CN3CCCCC3(C)C)c3ncc(C)cc32)cc1.[C-]#[N+]c1ccc(-n2c(C)c(C(=O)CN3CCCCC3)c3ncc(C#CCOC(=O)N(C)C)cc32)cc1.[C-]#[N+]c1ccc(-n2c(C)c(C(=O)CN3CCSCC3)c3ncc(C)cc32)cc1. The lowest BCUT2D eigenvalue weighted by Crippen LogP contribution is -2.49. The van der Waals surface area contributed by atoms with E-state index >= 15 is 0 Å². The van der Waals surface area contributed by atoms with Crippen molar-refractivity contribution in [2.75, 3.05) is 125 Å². The number of hydrogen-bond acceptors (Lipinski definition) is 18. The topological polar surface area (TPSA) is 238 Å². The highest BCUT2D eigenvalue weighted by molar-refractivity contribution is 7.99. The number of pyridine rings is 4. The Bertz CT molecular complexity index is 6300. The highest BCUT2D eigenvalue weighted by atomic mass is 32.2. The first-order valence-corrected chi connectivity index (χ1v) is 44.1. The number of methoxy groups -OCH3 is 1. The molecule has 4 aliphatic heterocycles. The monoisotopic (exact) mass is 1720 g/mol. The molecule has 1 amide bonds. The maximum Gasteiger partial charge on any atom is 0.410 e. The zero-order valence-electron chi connectivity index (χ0n) is 74.1. The fraction of sp³-hybridized carbons (Fsp3) is 0.370. The third kappa shape index (κ3) is 21.4. The number of aryl methyl sites for hydroxylation is 2. The summed E-state index contributed by atoms with van der Waals surface area (Å²) in [4.78, 5) is 108. The number of carbonyl (C=O) groups is 5. The van der Waals surface area contributed by atoms with E-state index in [1.165, 1.54) is 17.7 Å². The molecular formula is C100H107N17O9S. The number of ether oxygens (including phenoxy) is 3. The van der Waals surface area contributed by atoms with Crippen molar-refractivity contribution < 1.29 is 43.3 Å². The molecule has 26 nitrogen and oxygen atoms in total. The lowest BCUT2D eigenvalue weighted by molar-refractivity contribution is 0.0621. The van der Waals surface area contributed by atoms with Gasteiger partial charge < -0.3 is 42.5 Å². The highest BCUT2D eigenvalue weighted by Gasteiger charge is 2.35. The van der Waals surface area contributed by atoms with E-state index in [9.17, 15) is 29.1 Å². The molecule has 27 heteroatoms. The highest BCUT2D eigenvalue weighted by Crippen LogP contribution is 2.38. The van der Waals surface area contributed by atoms with Crippen LogP contribution in [-0.2, 0) is 9.47 Å². The number of ketones is 4. The number of Topliss-reactive ketones (excluding diaryl/α,β-unsaturated/α-hetero) is 4. The molecule has 0 atom stereocenters. The number of hydrogen-bond donors (Lipinski definition) is 1. The van der Waals surface area contributed by atoms with Gasteiger partial charge in [0.15, 0.2) is 52.5 Å². The van der Waals surface area contributed by atoms with Gasteiger partial charge in [0, 0.05) is 140 Å². The molecule has 12 heterocycles. The molecule has 12 aromatic rings. The molecule has 1 N–H and O–H groups in total. The van der Waals surface area contributed by atoms with Gasteiger partial charge in [-0.05, 0) is 191 Å². The van der Waals surface area contributed by atoms with Gasteiger partial charge >= 0.3 is 6.09 Å². The van der Waals surface area contributed by atoms with E-state index < -0.39 is 6.09 Å². The van der Waals surface area contributed by atoms with Gasteiger partial charge in [0.2, 0.25) is 0 Å². The van der Waals surface area contributed by atoms with Crippen LogP contribution in [0.5, 0.6) is 5.75 Å². The number of rotatable bonds is 21. The first-order chi connectivity index (χ1) is 61.3. The van der Waals surface area contributed by atoms with Crippen LogP contribution in [0.3, 0.4) is 0 Å². The van der Waals surface area contributed by atoms with Crippen molar-refractivity contribution in [1.29, 1.82) is 0 Å². The van der Waals surface area contributed by atoms with Crippen molar-refractivity contribution in [2.45, 2.75) is 118 Å². The van der Waals surface area contributed by atoms with E-state index in [4.69, 9.17) is 40.5 Å². The van der Waals surface area contributed by atoms with Crippen LogP contribution in [-0.4, -0.2) is 233 Å². The predicted molar refractivity (Wildman–Crippen MR) is 500 cm³/mol. The molecule has 0 aliphatic carbocycles. The zero-order valence-corrected chi connectivity index (χ0v) is 74.9. The van der Waals surface area contributed by atoms with Gasteiger partial charge in [-0.15, -0.1) is 0 Å². The average molecular weight is 1720 g/mol. The minimum atomic E-state index is -0.456. The largest absolute Gasteiger partial charge is 0.489 e. The molecule has 4 fully saturated rings. The Hall–Kier alpha value is -13.0. The van der Waals surface area contributed by atoms with E-state index in [0.717, 1.165) is 160 Å². The van der Waals surface area contributed by atoms with Crippen LogP contribution in [0.15, 0.2) is 146 Å². The second kappa shape index (κ2) is 41.9. The van der Waals surface area contributed by atoms with E-state index in [1.54, 1.807) is 57.9 Å². The first-order valence-electron chi connectivity index (χ1n) is 42.9.